The molecule has 2 aliphatic heterocycles. The minimum Gasteiger partial charge on any atom is -0.461 e. The number of hydrogen-bond acceptors (Lipinski definition) is 7. The predicted octanol–water partition coefficient (Wildman–Crippen LogP) is 7.50. The van der Waals surface area contributed by atoms with Gasteiger partial charge in [0.05, 0.1) is 23.7 Å². The second-order valence-corrected chi connectivity index (χ2v) is 12.1. The van der Waals surface area contributed by atoms with Gasteiger partial charge in [-0.25, -0.2) is 14.8 Å². The highest BCUT2D eigenvalue weighted by Crippen LogP contribution is 2.55. The van der Waals surface area contributed by atoms with Gasteiger partial charge in [0, 0.05) is 16.7 Å². The second-order valence-electron chi connectivity index (χ2n) is 11.0. The van der Waals surface area contributed by atoms with Crippen LogP contribution in [0.4, 0.5) is 11.4 Å². The Morgan fingerprint density at radius 2 is 1.34 bits per heavy atom. The van der Waals surface area contributed by atoms with Crippen molar-refractivity contribution in [3.05, 3.63) is 131 Å². The van der Waals surface area contributed by atoms with Gasteiger partial charge in [0.15, 0.2) is 0 Å². The minimum atomic E-state index is -1.02. The van der Waals surface area contributed by atoms with Crippen LogP contribution in [0.5, 0.6) is 0 Å². The highest BCUT2D eigenvalue weighted by molar-refractivity contribution is 8.16. The number of esters is 1. The van der Waals surface area contributed by atoms with E-state index in [2.05, 4.69) is 57.2 Å². The van der Waals surface area contributed by atoms with Crippen LogP contribution in [0.25, 0.3) is 0 Å². The monoisotopic (exact) mass is 560 g/mol. The van der Waals surface area contributed by atoms with Crippen molar-refractivity contribution < 1.29 is 9.53 Å². The molecule has 6 nitrogen and oxygen atoms in total. The number of nitrogens with zero attached hydrogens (tertiary/aromatic N) is 4. The third-order valence-corrected chi connectivity index (χ3v) is 8.51. The van der Waals surface area contributed by atoms with Gasteiger partial charge in [-0.2, -0.15) is 10.2 Å². The number of para-hydroxylation sites is 2. The fraction of sp³-hybridized carbons (Fsp3) is 0.206. The zero-order valence-electron chi connectivity index (χ0n) is 23.6. The predicted molar refractivity (Wildman–Crippen MR) is 168 cm³/mol. The molecule has 1 spiro atoms. The Labute approximate surface area is 245 Å². The highest BCUT2D eigenvalue weighted by Gasteiger charge is 2.56. The summed E-state index contributed by atoms with van der Waals surface area (Å²) in [6.45, 7) is 8.71. The maximum atomic E-state index is 13.1. The Hall–Kier alpha value is -4.36. The van der Waals surface area contributed by atoms with Crippen molar-refractivity contribution in [2.75, 3.05) is 16.6 Å². The van der Waals surface area contributed by atoms with Crippen molar-refractivity contribution in [1.29, 1.82) is 0 Å². The smallest absolute Gasteiger partial charge is 0.365 e. The van der Waals surface area contributed by atoms with E-state index in [1.807, 2.05) is 82.8 Å². The quantitative estimate of drug-likeness (QED) is 0.237. The molecule has 0 amide bonds. The number of hydrazone groups is 2. The molecule has 1 atom stereocenters. The molecule has 0 aliphatic carbocycles. The maximum Gasteiger partial charge on any atom is 0.365 e. The van der Waals surface area contributed by atoms with E-state index in [0.29, 0.717) is 0 Å². The molecular weight excluding hydrogens is 528 g/mol. The average Bonchev–Trinajstić information content (AvgIpc) is 3.39. The lowest BCUT2D eigenvalue weighted by Gasteiger charge is -2.47. The van der Waals surface area contributed by atoms with Gasteiger partial charge in [0.25, 0.3) is 0 Å². The average molecular weight is 561 g/mol. The molecule has 4 aromatic rings. The number of carbonyl (C=O) groups is 1. The molecule has 6 rings (SSSR count). The summed E-state index contributed by atoms with van der Waals surface area (Å²) >= 11 is 1.35. The summed E-state index contributed by atoms with van der Waals surface area (Å²) in [6, 6.07) is 36.9. The van der Waals surface area contributed by atoms with Crippen molar-refractivity contribution in [2.24, 2.45) is 10.2 Å². The molecule has 41 heavy (non-hydrogen) atoms. The van der Waals surface area contributed by atoms with Gasteiger partial charge in [0.1, 0.15) is 0 Å². The summed E-state index contributed by atoms with van der Waals surface area (Å²) in [4.78, 5) is 12.1. The normalized spacial score (nSPS) is 18.1. The molecular formula is C34H32N4O2S. The number of anilines is 2. The van der Waals surface area contributed by atoms with E-state index < -0.39 is 11.0 Å². The van der Waals surface area contributed by atoms with Crippen LogP contribution in [-0.2, 0) is 19.9 Å². The number of rotatable bonds is 5. The largest absolute Gasteiger partial charge is 0.461 e. The Morgan fingerprint density at radius 3 is 1.93 bits per heavy atom. The van der Waals surface area contributed by atoms with Crippen LogP contribution in [0.1, 0.15) is 49.9 Å². The first-order valence-corrected chi connectivity index (χ1v) is 14.6. The molecule has 0 saturated carbocycles. The van der Waals surface area contributed by atoms with E-state index in [9.17, 15) is 4.79 Å². The summed E-state index contributed by atoms with van der Waals surface area (Å²) in [5.74, 6) is -0.451. The molecule has 2 heterocycles. The van der Waals surface area contributed by atoms with E-state index in [1.54, 1.807) is 6.92 Å². The zero-order valence-corrected chi connectivity index (χ0v) is 24.4. The van der Waals surface area contributed by atoms with Crippen LogP contribution in [-0.4, -0.2) is 23.3 Å². The van der Waals surface area contributed by atoms with Gasteiger partial charge in [-0.05, 0) is 53.9 Å². The molecule has 0 saturated heterocycles. The van der Waals surface area contributed by atoms with Gasteiger partial charge in [-0.3, -0.25) is 0 Å². The molecule has 0 N–H and O–H groups in total. The zero-order chi connectivity index (χ0) is 28.6. The number of hydrogen-bond donors (Lipinski definition) is 0. The van der Waals surface area contributed by atoms with Gasteiger partial charge in [-0.1, -0.05) is 106 Å². The summed E-state index contributed by atoms with van der Waals surface area (Å²) in [5.41, 5.74) is 6.85. The van der Waals surface area contributed by atoms with Crippen LogP contribution in [0.3, 0.4) is 0 Å². The van der Waals surface area contributed by atoms with Crippen LogP contribution in [0, 0.1) is 0 Å². The molecule has 0 radical (unpaired) electrons. The van der Waals surface area contributed by atoms with Crippen molar-refractivity contribution >= 4 is 39.9 Å². The molecule has 0 bridgehead atoms. The van der Waals surface area contributed by atoms with Crippen molar-refractivity contribution in [3.8, 4) is 0 Å². The lowest BCUT2D eigenvalue weighted by atomic mass is 9.85. The Balaban J connectivity index is 1.60. The molecule has 206 valence electrons. The number of carbonyl (C=O) groups excluding carboxylic acids is 1. The van der Waals surface area contributed by atoms with E-state index in [-0.39, 0.29) is 17.1 Å². The highest BCUT2D eigenvalue weighted by atomic mass is 32.2. The van der Waals surface area contributed by atoms with E-state index >= 15 is 0 Å². The molecule has 7 heteroatoms. The number of fused-ring (bicyclic) bond motifs is 2. The van der Waals surface area contributed by atoms with E-state index in [4.69, 9.17) is 14.9 Å². The molecule has 2 aliphatic rings. The number of thioether (sulfide) groups is 1. The Bertz CT molecular complexity index is 1630. The van der Waals surface area contributed by atoms with Crippen LogP contribution < -0.4 is 10.0 Å². The van der Waals surface area contributed by atoms with E-state index in [1.165, 1.54) is 17.3 Å². The number of benzene rings is 4. The fourth-order valence-corrected chi connectivity index (χ4v) is 6.48. The summed E-state index contributed by atoms with van der Waals surface area (Å²) < 4.78 is 5.43. The standard InChI is InChI=1S/C34H32N4O2S/c1-5-40-32(39)31-36-38(27-16-10-7-11-17-27)34(41-31)29-19-13-12-18-28(29)30(35-37(34)26-14-8-6-9-15-26)24-20-22-25(23-21-24)33(2,3)4/h6-23H,5H2,1-4H3/t34-/m0/s1. The topological polar surface area (TPSA) is 57.5 Å². The third kappa shape index (κ3) is 4.70. The summed E-state index contributed by atoms with van der Waals surface area (Å²) in [6.07, 6.45) is 0. The van der Waals surface area contributed by atoms with Gasteiger partial charge in [0.2, 0.25) is 10.0 Å². The SMILES string of the molecule is CCOC(=O)C1=NN(c2ccccc2)[C@]2(S1)c1ccccc1C(c1ccc(C(C)(C)C)cc1)=NN2c1ccccc1. The molecule has 4 aromatic carbocycles. The Morgan fingerprint density at radius 1 is 0.780 bits per heavy atom. The van der Waals surface area contributed by atoms with Gasteiger partial charge < -0.3 is 4.74 Å². The molecule has 0 aromatic heterocycles. The first-order valence-electron chi connectivity index (χ1n) is 13.8. The van der Waals surface area contributed by atoms with Crippen LogP contribution in [0.15, 0.2) is 119 Å². The van der Waals surface area contributed by atoms with Crippen molar-refractivity contribution in [2.45, 2.75) is 38.1 Å². The maximum absolute atomic E-state index is 13.1. The van der Waals surface area contributed by atoms with Crippen LogP contribution in [0.2, 0.25) is 0 Å². The fourth-order valence-electron chi connectivity index (χ4n) is 5.19. The summed E-state index contributed by atoms with van der Waals surface area (Å²) in [7, 11) is 0. The van der Waals surface area contributed by atoms with Gasteiger partial charge in [-0.15, -0.1) is 0 Å². The first-order chi connectivity index (χ1) is 19.8. The van der Waals surface area contributed by atoms with Gasteiger partial charge >= 0.3 is 5.97 Å². The lowest BCUT2D eigenvalue weighted by Crippen LogP contribution is -2.54. The molecule has 0 fully saturated rings. The van der Waals surface area contributed by atoms with E-state index in [0.717, 1.165) is 33.8 Å². The van der Waals surface area contributed by atoms with Crippen molar-refractivity contribution in [3.63, 3.8) is 0 Å². The third-order valence-electron chi connectivity index (χ3n) is 7.21. The Kier molecular flexibility index (Phi) is 6.91. The molecule has 0 unspecified atom stereocenters. The lowest BCUT2D eigenvalue weighted by molar-refractivity contribution is -0.134. The van der Waals surface area contributed by atoms with Crippen molar-refractivity contribution in [1.82, 2.24) is 0 Å². The first kappa shape index (κ1) is 26.8. The minimum absolute atomic E-state index is 0.0441. The summed E-state index contributed by atoms with van der Waals surface area (Å²) in [5, 5.41) is 14.4. The second kappa shape index (κ2) is 10.6. The number of ether oxygens (including phenoxy) is 1. The van der Waals surface area contributed by atoms with Crippen LogP contribution >= 0.6 is 11.8 Å².